The topological polar surface area (TPSA) is 12.0 Å². The van der Waals surface area contributed by atoms with Gasteiger partial charge in [-0.3, -0.25) is 0 Å². The van der Waals surface area contributed by atoms with Gasteiger partial charge in [0.15, 0.2) is 0 Å². The molecule has 0 unspecified atom stereocenters. The van der Waals surface area contributed by atoms with E-state index in [2.05, 4.69) is 52.1 Å². The molecule has 0 aliphatic heterocycles. The summed E-state index contributed by atoms with van der Waals surface area (Å²) >= 11 is 1.96. The standard InChI is InChI=1S/C17H29NS/c1-6-14-7-8-15(19-14)11-18-13-9-16(2,3)12-17(4,5)10-13/h7-8,13,18H,6,9-12H2,1-5H3. The van der Waals surface area contributed by atoms with Crippen molar-refractivity contribution in [1.29, 1.82) is 0 Å². The highest BCUT2D eigenvalue weighted by molar-refractivity contribution is 7.11. The van der Waals surface area contributed by atoms with Crippen LogP contribution < -0.4 is 5.32 Å². The monoisotopic (exact) mass is 279 g/mol. The molecule has 1 heterocycles. The van der Waals surface area contributed by atoms with Crippen molar-refractivity contribution in [2.24, 2.45) is 10.8 Å². The zero-order valence-electron chi connectivity index (χ0n) is 13.2. The lowest BCUT2D eigenvalue weighted by Gasteiger charge is -2.45. The van der Waals surface area contributed by atoms with Crippen LogP contribution in [0.1, 0.15) is 63.6 Å². The molecule has 1 saturated carbocycles. The van der Waals surface area contributed by atoms with Gasteiger partial charge in [-0.1, -0.05) is 34.6 Å². The van der Waals surface area contributed by atoms with E-state index in [-0.39, 0.29) is 0 Å². The van der Waals surface area contributed by atoms with E-state index in [0.29, 0.717) is 16.9 Å². The van der Waals surface area contributed by atoms with Crippen molar-refractivity contribution in [2.75, 3.05) is 0 Å². The largest absolute Gasteiger partial charge is 0.309 e. The second-order valence-corrected chi connectivity index (χ2v) is 8.97. The number of hydrogen-bond donors (Lipinski definition) is 1. The minimum atomic E-state index is 0.476. The Morgan fingerprint density at radius 2 is 1.68 bits per heavy atom. The van der Waals surface area contributed by atoms with E-state index in [0.717, 1.165) is 13.0 Å². The smallest absolute Gasteiger partial charge is 0.0302 e. The van der Waals surface area contributed by atoms with Crippen LogP contribution in [0, 0.1) is 10.8 Å². The Hall–Kier alpha value is -0.340. The van der Waals surface area contributed by atoms with Gasteiger partial charge in [-0.05, 0) is 48.6 Å². The fourth-order valence-corrected chi connectivity index (χ4v) is 4.85. The van der Waals surface area contributed by atoms with Gasteiger partial charge >= 0.3 is 0 Å². The van der Waals surface area contributed by atoms with E-state index in [9.17, 15) is 0 Å². The normalized spacial score (nSPS) is 22.6. The van der Waals surface area contributed by atoms with Gasteiger partial charge in [-0.2, -0.15) is 0 Å². The molecular weight excluding hydrogens is 250 g/mol. The van der Waals surface area contributed by atoms with Gasteiger partial charge in [0.1, 0.15) is 0 Å². The number of nitrogens with one attached hydrogen (secondary N) is 1. The van der Waals surface area contributed by atoms with Gasteiger partial charge in [0.05, 0.1) is 0 Å². The molecule has 0 spiro atoms. The molecule has 0 amide bonds. The average molecular weight is 279 g/mol. The van der Waals surface area contributed by atoms with Gasteiger partial charge in [-0.25, -0.2) is 0 Å². The Kier molecular flexibility index (Phi) is 4.42. The van der Waals surface area contributed by atoms with Crippen molar-refractivity contribution >= 4 is 11.3 Å². The van der Waals surface area contributed by atoms with Crippen molar-refractivity contribution < 1.29 is 0 Å². The molecule has 108 valence electrons. The number of hydrogen-bond acceptors (Lipinski definition) is 2. The number of rotatable bonds is 4. The van der Waals surface area contributed by atoms with Crippen molar-refractivity contribution in [3.63, 3.8) is 0 Å². The molecule has 0 bridgehead atoms. The van der Waals surface area contributed by atoms with Crippen LogP contribution in [0.25, 0.3) is 0 Å². The Balaban J connectivity index is 1.91. The van der Waals surface area contributed by atoms with Crippen molar-refractivity contribution in [3.05, 3.63) is 21.9 Å². The maximum Gasteiger partial charge on any atom is 0.0302 e. The first-order valence-corrected chi connectivity index (χ1v) is 8.42. The van der Waals surface area contributed by atoms with Crippen LogP contribution >= 0.6 is 11.3 Å². The van der Waals surface area contributed by atoms with Crippen LogP contribution in [0.15, 0.2) is 12.1 Å². The van der Waals surface area contributed by atoms with Crippen LogP contribution in [0.3, 0.4) is 0 Å². The summed E-state index contributed by atoms with van der Waals surface area (Å²) in [5, 5.41) is 3.80. The van der Waals surface area contributed by atoms with Gasteiger partial charge in [0.2, 0.25) is 0 Å². The Morgan fingerprint density at radius 3 is 2.21 bits per heavy atom. The Bertz CT molecular complexity index is 401. The predicted molar refractivity (Wildman–Crippen MR) is 85.7 cm³/mol. The van der Waals surface area contributed by atoms with E-state index in [1.807, 2.05) is 11.3 Å². The lowest BCUT2D eigenvalue weighted by molar-refractivity contribution is 0.0846. The summed E-state index contributed by atoms with van der Waals surface area (Å²) in [5.74, 6) is 0. The minimum absolute atomic E-state index is 0.476. The highest BCUT2D eigenvalue weighted by atomic mass is 32.1. The zero-order valence-corrected chi connectivity index (χ0v) is 14.0. The first-order chi connectivity index (χ1) is 8.80. The lowest BCUT2D eigenvalue weighted by atomic mass is 9.63. The van der Waals surface area contributed by atoms with Crippen molar-refractivity contribution in [3.8, 4) is 0 Å². The quantitative estimate of drug-likeness (QED) is 0.817. The summed E-state index contributed by atoms with van der Waals surface area (Å²) in [5.41, 5.74) is 0.951. The van der Waals surface area contributed by atoms with Crippen LogP contribution in [-0.2, 0) is 13.0 Å². The molecule has 2 heteroatoms. The average Bonchev–Trinajstić information content (AvgIpc) is 2.70. The number of aryl methyl sites for hydroxylation is 1. The molecule has 0 atom stereocenters. The van der Waals surface area contributed by atoms with Crippen LogP contribution in [-0.4, -0.2) is 6.04 Å². The molecule has 1 aliphatic carbocycles. The minimum Gasteiger partial charge on any atom is -0.309 e. The molecule has 2 rings (SSSR count). The highest BCUT2D eigenvalue weighted by Crippen LogP contribution is 2.45. The van der Waals surface area contributed by atoms with E-state index in [1.54, 1.807) is 0 Å². The van der Waals surface area contributed by atoms with Crippen LogP contribution in [0.5, 0.6) is 0 Å². The molecule has 0 radical (unpaired) electrons. The van der Waals surface area contributed by atoms with Gasteiger partial charge in [-0.15, -0.1) is 11.3 Å². The van der Waals surface area contributed by atoms with Crippen molar-refractivity contribution in [1.82, 2.24) is 5.32 Å². The second-order valence-electron chi connectivity index (χ2n) is 7.71. The zero-order chi connectivity index (χ0) is 14.1. The summed E-state index contributed by atoms with van der Waals surface area (Å²) in [6, 6.07) is 5.23. The van der Waals surface area contributed by atoms with E-state index in [1.165, 1.54) is 29.0 Å². The molecule has 1 N–H and O–H groups in total. The summed E-state index contributed by atoms with van der Waals surface area (Å²) in [4.78, 5) is 2.99. The second kappa shape index (κ2) is 5.57. The fraction of sp³-hybridized carbons (Fsp3) is 0.765. The molecule has 1 nitrogen and oxygen atoms in total. The maximum atomic E-state index is 3.80. The Morgan fingerprint density at radius 1 is 1.11 bits per heavy atom. The fourth-order valence-electron chi connectivity index (χ4n) is 3.94. The number of thiophene rings is 1. The van der Waals surface area contributed by atoms with Gasteiger partial charge in [0, 0.05) is 22.3 Å². The summed E-state index contributed by atoms with van der Waals surface area (Å²) in [7, 11) is 0. The SMILES string of the molecule is CCc1ccc(CNC2CC(C)(C)CC(C)(C)C2)s1. The summed E-state index contributed by atoms with van der Waals surface area (Å²) < 4.78 is 0. The van der Waals surface area contributed by atoms with E-state index >= 15 is 0 Å². The third kappa shape index (κ3) is 4.32. The third-order valence-electron chi connectivity index (χ3n) is 4.19. The molecule has 1 aliphatic rings. The summed E-state index contributed by atoms with van der Waals surface area (Å²) in [6.45, 7) is 13.0. The molecule has 0 saturated heterocycles. The molecule has 1 aromatic rings. The molecule has 19 heavy (non-hydrogen) atoms. The molecular formula is C17H29NS. The van der Waals surface area contributed by atoms with E-state index in [4.69, 9.17) is 0 Å². The van der Waals surface area contributed by atoms with Crippen molar-refractivity contribution in [2.45, 2.75) is 72.9 Å². The molecule has 1 aromatic heterocycles. The first-order valence-electron chi connectivity index (χ1n) is 7.61. The summed E-state index contributed by atoms with van der Waals surface area (Å²) in [6.07, 6.45) is 5.12. The highest BCUT2D eigenvalue weighted by Gasteiger charge is 2.38. The molecule has 1 fully saturated rings. The predicted octanol–water partition coefficient (Wildman–Crippen LogP) is 5.01. The van der Waals surface area contributed by atoms with Crippen LogP contribution in [0.4, 0.5) is 0 Å². The van der Waals surface area contributed by atoms with Gasteiger partial charge < -0.3 is 5.32 Å². The first kappa shape index (κ1) is 15.1. The van der Waals surface area contributed by atoms with Gasteiger partial charge in [0.25, 0.3) is 0 Å². The molecule has 0 aromatic carbocycles. The maximum absolute atomic E-state index is 3.80. The lowest BCUT2D eigenvalue weighted by Crippen LogP contribution is -2.43. The van der Waals surface area contributed by atoms with E-state index < -0.39 is 0 Å². The third-order valence-corrected chi connectivity index (χ3v) is 5.42. The Labute approximate surface area is 122 Å². The van der Waals surface area contributed by atoms with Crippen LogP contribution in [0.2, 0.25) is 0 Å².